The molecule has 0 aliphatic heterocycles. The molecular weight excluding hydrogens is 433 g/mol. The van der Waals surface area contributed by atoms with Gasteiger partial charge in [0.1, 0.15) is 11.5 Å². The van der Waals surface area contributed by atoms with Gasteiger partial charge in [-0.15, -0.1) is 0 Å². The summed E-state index contributed by atoms with van der Waals surface area (Å²) in [6.07, 6.45) is 1.69. The molecule has 144 valence electrons. The van der Waals surface area contributed by atoms with Gasteiger partial charge in [-0.1, -0.05) is 64.5 Å². The first-order valence-corrected chi connectivity index (χ1v) is 10.1. The van der Waals surface area contributed by atoms with E-state index in [-0.39, 0.29) is 5.91 Å². The summed E-state index contributed by atoms with van der Waals surface area (Å²) in [6.45, 7) is 0. The number of carbonyl (C=O) groups is 1. The number of anilines is 1. The number of nitrogens with one attached hydrogen (secondary N) is 1. The summed E-state index contributed by atoms with van der Waals surface area (Å²) in [4.78, 5) is 13.0. The van der Waals surface area contributed by atoms with Gasteiger partial charge in [0, 0.05) is 22.8 Å². The van der Waals surface area contributed by atoms with E-state index in [1.54, 1.807) is 23.0 Å². The van der Waals surface area contributed by atoms with Gasteiger partial charge in [-0.05, 0) is 35.9 Å². The molecule has 0 aliphatic carbocycles. The van der Waals surface area contributed by atoms with Gasteiger partial charge in [0.25, 0.3) is 5.91 Å². The van der Waals surface area contributed by atoms with Crippen LogP contribution in [0.4, 0.5) is 10.1 Å². The van der Waals surface area contributed by atoms with Crippen LogP contribution in [0.1, 0.15) is 15.9 Å². The third kappa shape index (κ3) is 4.27. The van der Waals surface area contributed by atoms with Gasteiger partial charge in [-0.3, -0.25) is 4.79 Å². The van der Waals surface area contributed by atoms with Crippen LogP contribution in [0.2, 0.25) is 0 Å². The zero-order chi connectivity index (χ0) is 20.2. The molecule has 0 unspecified atom stereocenters. The quantitative estimate of drug-likeness (QED) is 0.389. The molecule has 0 fully saturated rings. The van der Waals surface area contributed by atoms with Crippen LogP contribution in [0.5, 0.6) is 0 Å². The molecule has 1 aromatic heterocycles. The van der Waals surface area contributed by atoms with E-state index >= 15 is 0 Å². The van der Waals surface area contributed by atoms with Crippen LogP contribution in [0, 0.1) is 5.82 Å². The number of carbonyl (C=O) groups excluding carboxylic acids is 1. The second-order valence-electron chi connectivity index (χ2n) is 6.47. The van der Waals surface area contributed by atoms with Crippen molar-refractivity contribution in [3.8, 4) is 16.9 Å². The standard InChI is InChI=1S/C23H17BrFN3O/c24-14-16-9-11-17(12-10-16)22-21(15-28(27-22)20-7-2-1-3-8-20)23(29)26-19-6-4-5-18(25)13-19/h1-13,15H,14H2,(H,26,29). The Bertz CT molecular complexity index is 1140. The highest BCUT2D eigenvalue weighted by molar-refractivity contribution is 9.08. The van der Waals surface area contributed by atoms with Crippen molar-refractivity contribution in [2.75, 3.05) is 5.32 Å². The van der Waals surface area contributed by atoms with Crippen LogP contribution in [0.15, 0.2) is 85.1 Å². The molecule has 1 heterocycles. The Labute approximate surface area is 176 Å². The van der Waals surface area contributed by atoms with Crippen molar-refractivity contribution < 1.29 is 9.18 Å². The topological polar surface area (TPSA) is 46.9 Å². The molecule has 1 amide bonds. The molecule has 0 saturated heterocycles. The predicted molar refractivity (Wildman–Crippen MR) is 116 cm³/mol. The van der Waals surface area contributed by atoms with Gasteiger partial charge in [-0.25, -0.2) is 9.07 Å². The molecular formula is C23H17BrFN3O. The highest BCUT2D eigenvalue weighted by Crippen LogP contribution is 2.26. The first kappa shape index (κ1) is 19.1. The lowest BCUT2D eigenvalue weighted by atomic mass is 10.1. The molecule has 29 heavy (non-hydrogen) atoms. The van der Waals surface area contributed by atoms with Gasteiger partial charge in [0.15, 0.2) is 0 Å². The molecule has 4 nitrogen and oxygen atoms in total. The lowest BCUT2D eigenvalue weighted by molar-refractivity contribution is 0.102. The maximum Gasteiger partial charge on any atom is 0.259 e. The lowest BCUT2D eigenvalue weighted by Crippen LogP contribution is -2.12. The lowest BCUT2D eigenvalue weighted by Gasteiger charge is -2.06. The highest BCUT2D eigenvalue weighted by Gasteiger charge is 2.19. The molecule has 0 radical (unpaired) electrons. The van der Waals surface area contributed by atoms with Gasteiger partial charge in [0.2, 0.25) is 0 Å². The van der Waals surface area contributed by atoms with E-state index in [2.05, 4.69) is 26.3 Å². The fourth-order valence-corrected chi connectivity index (χ4v) is 3.36. The summed E-state index contributed by atoms with van der Waals surface area (Å²) in [5.41, 5.74) is 4.16. The molecule has 0 atom stereocenters. The predicted octanol–water partition coefficient (Wildman–Crippen LogP) is 5.83. The summed E-state index contributed by atoms with van der Waals surface area (Å²) in [6, 6.07) is 23.2. The number of aromatic nitrogens is 2. The number of benzene rings is 3. The Kier molecular flexibility index (Phi) is 5.53. The number of amides is 1. The first-order chi connectivity index (χ1) is 14.1. The molecule has 1 N–H and O–H groups in total. The van der Waals surface area contributed by atoms with Crippen LogP contribution in [-0.4, -0.2) is 15.7 Å². The second kappa shape index (κ2) is 8.41. The average Bonchev–Trinajstić information content (AvgIpc) is 3.20. The Balaban J connectivity index is 1.75. The van der Waals surface area contributed by atoms with Gasteiger partial charge in [-0.2, -0.15) is 5.10 Å². The van der Waals surface area contributed by atoms with E-state index in [0.717, 1.165) is 22.1 Å². The zero-order valence-corrected chi connectivity index (χ0v) is 16.9. The van der Waals surface area contributed by atoms with Crippen molar-refractivity contribution in [3.63, 3.8) is 0 Å². The van der Waals surface area contributed by atoms with E-state index in [0.29, 0.717) is 16.9 Å². The summed E-state index contributed by atoms with van der Waals surface area (Å²) < 4.78 is 15.2. The van der Waals surface area contributed by atoms with E-state index in [4.69, 9.17) is 0 Å². The fourth-order valence-electron chi connectivity index (χ4n) is 2.98. The average molecular weight is 450 g/mol. The summed E-state index contributed by atoms with van der Waals surface area (Å²) >= 11 is 3.44. The van der Waals surface area contributed by atoms with Crippen LogP contribution in [-0.2, 0) is 5.33 Å². The molecule has 6 heteroatoms. The van der Waals surface area contributed by atoms with Gasteiger partial charge >= 0.3 is 0 Å². The van der Waals surface area contributed by atoms with Gasteiger partial charge in [0.05, 0.1) is 11.3 Å². The third-order valence-corrected chi connectivity index (χ3v) is 5.09. The fraction of sp³-hybridized carbons (Fsp3) is 0.0435. The molecule has 0 bridgehead atoms. The Hall–Kier alpha value is -3.25. The highest BCUT2D eigenvalue weighted by atomic mass is 79.9. The Morgan fingerprint density at radius 2 is 1.76 bits per heavy atom. The van der Waals surface area contributed by atoms with Crippen LogP contribution in [0.3, 0.4) is 0 Å². The maximum atomic E-state index is 13.5. The van der Waals surface area contributed by atoms with E-state index in [1.165, 1.54) is 12.1 Å². The summed E-state index contributed by atoms with van der Waals surface area (Å²) in [5.74, 6) is -0.759. The minimum Gasteiger partial charge on any atom is -0.322 e. The smallest absolute Gasteiger partial charge is 0.259 e. The number of para-hydroxylation sites is 1. The van der Waals surface area contributed by atoms with Crippen molar-refractivity contribution in [2.24, 2.45) is 0 Å². The van der Waals surface area contributed by atoms with E-state index in [9.17, 15) is 9.18 Å². The number of halogens is 2. The Morgan fingerprint density at radius 1 is 1.00 bits per heavy atom. The minimum atomic E-state index is -0.409. The number of hydrogen-bond donors (Lipinski definition) is 1. The third-order valence-electron chi connectivity index (χ3n) is 4.44. The van der Waals surface area contributed by atoms with Crippen molar-refractivity contribution >= 4 is 27.5 Å². The molecule has 0 saturated carbocycles. The normalized spacial score (nSPS) is 10.7. The van der Waals surface area contributed by atoms with Crippen LogP contribution < -0.4 is 5.32 Å². The number of hydrogen-bond acceptors (Lipinski definition) is 2. The van der Waals surface area contributed by atoms with E-state index in [1.807, 2.05) is 54.6 Å². The van der Waals surface area contributed by atoms with E-state index < -0.39 is 5.82 Å². The summed E-state index contributed by atoms with van der Waals surface area (Å²) in [7, 11) is 0. The molecule has 3 aromatic carbocycles. The van der Waals surface area contributed by atoms with Gasteiger partial charge < -0.3 is 5.32 Å². The molecule has 0 spiro atoms. The zero-order valence-electron chi connectivity index (χ0n) is 15.3. The van der Waals surface area contributed by atoms with Crippen molar-refractivity contribution in [3.05, 3.63) is 102 Å². The molecule has 4 rings (SSSR count). The second-order valence-corrected chi connectivity index (χ2v) is 7.03. The van der Waals surface area contributed by atoms with Crippen molar-refractivity contribution in [1.82, 2.24) is 9.78 Å². The summed E-state index contributed by atoms with van der Waals surface area (Å²) in [5, 5.41) is 8.16. The monoisotopic (exact) mass is 449 g/mol. The molecule has 4 aromatic rings. The van der Waals surface area contributed by atoms with Crippen LogP contribution >= 0.6 is 15.9 Å². The van der Waals surface area contributed by atoms with Crippen molar-refractivity contribution in [1.29, 1.82) is 0 Å². The SMILES string of the molecule is O=C(Nc1cccc(F)c1)c1cn(-c2ccccc2)nc1-c1ccc(CBr)cc1. The largest absolute Gasteiger partial charge is 0.322 e. The maximum absolute atomic E-state index is 13.5. The van der Waals surface area contributed by atoms with Crippen molar-refractivity contribution in [2.45, 2.75) is 5.33 Å². The molecule has 0 aliphatic rings. The Morgan fingerprint density at radius 3 is 2.45 bits per heavy atom. The van der Waals surface area contributed by atoms with Crippen LogP contribution in [0.25, 0.3) is 16.9 Å². The first-order valence-electron chi connectivity index (χ1n) is 9.01. The number of rotatable bonds is 5. The number of alkyl halides is 1. The minimum absolute atomic E-state index is 0.350. The number of nitrogens with zero attached hydrogens (tertiary/aromatic N) is 2.